The van der Waals surface area contributed by atoms with E-state index in [2.05, 4.69) is 24.9 Å². The van der Waals surface area contributed by atoms with E-state index in [9.17, 15) is 0 Å². The molecular weight excluding hydrogens is 357 g/mol. The third-order valence-corrected chi connectivity index (χ3v) is 4.12. The monoisotopic (exact) mass is 368 g/mol. The van der Waals surface area contributed by atoms with Crippen LogP contribution in [0.2, 0.25) is 0 Å². The lowest BCUT2D eigenvalue weighted by Crippen LogP contribution is -2.07. The zero-order valence-electron chi connectivity index (χ0n) is 14.4. The number of aromatic nitrogens is 5. The number of hydrogen-bond donors (Lipinski definition) is 1. The lowest BCUT2D eigenvalue weighted by atomic mass is 10.2. The van der Waals surface area contributed by atoms with Gasteiger partial charge in [0.1, 0.15) is 11.1 Å². The average molecular weight is 368 g/mol. The molecule has 0 unspecified atom stereocenters. The van der Waals surface area contributed by atoms with Gasteiger partial charge in [-0.3, -0.25) is 0 Å². The summed E-state index contributed by atoms with van der Waals surface area (Å²) in [5.41, 5.74) is 2.73. The van der Waals surface area contributed by atoms with Crippen molar-refractivity contribution in [3.8, 4) is 29.0 Å². The number of hydrogen-bond acceptors (Lipinski definition) is 8. The number of para-hydroxylation sites is 1. The summed E-state index contributed by atoms with van der Waals surface area (Å²) in [5, 5.41) is 9.86. The Morgan fingerprint density at radius 1 is 0.786 bits per heavy atom. The summed E-state index contributed by atoms with van der Waals surface area (Å²) in [6.07, 6.45) is 1.59. The predicted molar refractivity (Wildman–Crippen MR) is 102 cm³/mol. The van der Waals surface area contributed by atoms with E-state index in [-0.39, 0.29) is 11.8 Å². The van der Waals surface area contributed by atoms with Gasteiger partial charge in [-0.1, -0.05) is 42.5 Å². The molecule has 0 aliphatic heterocycles. The molecule has 133 valence electrons. The highest BCUT2D eigenvalue weighted by atomic mass is 16.5. The lowest BCUT2D eigenvalue weighted by molar-refractivity contribution is 0.430. The summed E-state index contributed by atoms with van der Waals surface area (Å²) in [6.45, 7) is 0. The second kappa shape index (κ2) is 6.71. The molecule has 0 saturated heterocycles. The maximum absolute atomic E-state index is 8.98. The van der Waals surface area contributed by atoms with Crippen molar-refractivity contribution < 1.29 is 14.1 Å². The average Bonchev–Trinajstić information content (AvgIpc) is 3.12. The van der Waals surface area contributed by atoms with E-state index in [0.717, 1.165) is 16.5 Å². The van der Waals surface area contributed by atoms with Crippen molar-refractivity contribution in [1.82, 2.24) is 24.9 Å². The van der Waals surface area contributed by atoms with Gasteiger partial charge < -0.3 is 14.1 Å². The second-order valence-corrected chi connectivity index (χ2v) is 5.86. The molecule has 3 aromatic heterocycles. The molecule has 0 amide bonds. The molecule has 0 spiro atoms. The van der Waals surface area contributed by atoms with Crippen molar-refractivity contribution in [2.75, 3.05) is 0 Å². The van der Waals surface area contributed by atoms with Crippen LogP contribution in [0.1, 0.15) is 0 Å². The largest absolute Gasteiger partial charge is 0.571 e. The molecule has 5 rings (SSSR count). The van der Waals surface area contributed by atoms with Crippen molar-refractivity contribution in [2.24, 2.45) is 0 Å². The van der Waals surface area contributed by atoms with Gasteiger partial charge in [0.2, 0.25) is 5.82 Å². The van der Waals surface area contributed by atoms with Crippen molar-refractivity contribution in [3.05, 3.63) is 60.8 Å². The fourth-order valence-electron chi connectivity index (χ4n) is 2.89. The van der Waals surface area contributed by atoms with Crippen molar-refractivity contribution in [3.63, 3.8) is 0 Å². The summed E-state index contributed by atoms with van der Waals surface area (Å²) < 4.78 is 10.7. The number of furan rings is 1. The molecular formula is C19H11BN5O3. The minimum absolute atomic E-state index is 0.0629. The number of nitrogens with zero attached hydrogens (tertiary/aromatic N) is 5. The lowest BCUT2D eigenvalue weighted by Gasteiger charge is -2.06. The standard InChI is InChI=1S/C19H11BN5O3/c26-20-28-19-24-16(11-6-2-1-3-7-11)23-18(25-19)17-21-10-14-15(22-17)12-8-4-5-9-13(12)27-14/h1-10,26H. The van der Waals surface area contributed by atoms with Gasteiger partial charge in [0, 0.05) is 10.9 Å². The maximum Gasteiger partial charge on any atom is 0.571 e. The van der Waals surface area contributed by atoms with Gasteiger partial charge >= 0.3 is 13.7 Å². The van der Waals surface area contributed by atoms with Crippen LogP contribution in [-0.4, -0.2) is 37.6 Å². The molecule has 0 bridgehead atoms. The molecule has 0 aliphatic rings. The van der Waals surface area contributed by atoms with Crippen molar-refractivity contribution in [1.29, 1.82) is 0 Å². The maximum atomic E-state index is 8.98. The molecule has 0 saturated carbocycles. The highest BCUT2D eigenvalue weighted by Gasteiger charge is 2.16. The van der Waals surface area contributed by atoms with Crippen LogP contribution in [0.5, 0.6) is 6.01 Å². The normalized spacial score (nSPS) is 11.0. The summed E-state index contributed by atoms with van der Waals surface area (Å²) in [5.74, 6) is 0.891. The zero-order chi connectivity index (χ0) is 18.9. The van der Waals surface area contributed by atoms with Crippen LogP contribution < -0.4 is 4.65 Å². The molecule has 1 N–H and O–H groups in total. The van der Waals surface area contributed by atoms with Crippen LogP contribution in [-0.2, 0) is 0 Å². The smallest absolute Gasteiger partial charge is 0.508 e. The number of benzene rings is 2. The van der Waals surface area contributed by atoms with E-state index in [0.29, 0.717) is 30.4 Å². The molecule has 0 aliphatic carbocycles. The highest BCUT2D eigenvalue weighted by molar-refractivity contribution is 6.17. The fourth-order valence-corrected chi connectivity index (χ4v) is 2.89. The Morgan fingerprint density at radius 2 is 1.57 bits per heavy atom. The van der Waals surface area contributed by atoms with Crippen molar-refractivity contribution in [2.45, 2.75) is 0 Å². The second-order valence-electron chi connectivity index (χ2n) is 5.86. The molecule has 28 heavy (non-hydrogen) atoms. The Hall–Kier alpha value is -3.85. The molecule has 9 heteroatoms. The Bertz CT molecular complexity index is 1290. The first kappa shape index (κ1) is 16.3. The molecule has 8 nitrogen and oxygen atoms in total. The Morgan fingerprint density at radius 3 is 2.43 bits per heavy atom. The summed E-state index contributed by atoms with van der Waals surface area (Å²) in [4.78, 5) is 21.8. The third kappa shape index (κ3) is 2.83. The summed E-state index contributed by atoms with van der Waals surface area (Å²) in [7, 11) is 0.515. The van der Waals surface area contributed by atoms with Gasteiger partial charge in [-0.25, -0.2) is 15.0 Å². The number of rotatable bonds is 4. The summed E-state index contributed by atoms with van der Waals surface area (Å²) >= 11 is 0. The SMILES string of the molecule is O[B]Oc1nc(-c2ccccc2)nc(-c2ncc3oc4ccccc4c3n2)n1. The predicted octanol–water partition coefficient (Wildman–Crippen LogP) is 2.80. The van der Waals surface area contributed by atoms with Crippen LogP contribution in [0, 0.1) is 0 Å². The van der Waals surface area contributed by atoms with E-state index >= 15 is 0 Å². The van der Waals surface area contributed by atoms with E-state index in [4.69, 9.17) is 14.1 Å². The van der Waals surface area contributed by atoms with Gasteiger partial charge in [0.25, 0.3) is 0 Å². The number of fused-ring (bicyclic) bond motifs is 3. The zero-order valence-corrected chi connectivity index (χ0v) is 14.4. The minimum atomic E-state index is -0.0629. The van der Waals surface area contributed by atoms with Gasteiger partial charge in [-0.05, 0) is 12.1 Å². The van der Waals surface area contributed by atoms with Gasteiger partial charge in [-0.15, -0.1) is 0 Å². The Labute approximate surface area is 159 Å². The first-order valence-electron chi connectivity index (χ1n) is 8.40. The van der Waals surface area contributed by atoms with Crippen LogP contribution in [0.15, 0.2) is 65.2 Å². The van der Waals surface area contributed by atoms with E-state index < -0.39 is 0 Å². The molecule has 0 fully saturated rings. The molecule has 0 atom stereocenters. The topological polar surface area (TPSA) is 107 Å². The molecule has 3 heterocycles. The third-order valence-electron chi connectivity index (χ3n) is 4.12. The first-order chi connectivity index (χ1) is 13.8. The minimum Gasteiger partial charge on any atom is -0.508 e. The van der Waals surface area contributed by atoms with Crippen LogP contribution in [0.4, 0.5) is 0 Å². The van der Waals surface area contributed by atoms with Gasteiger partial charge in [0.05, 0.1) is 6.20 Å². The van der Waals surface area contributed by atoms with Crippen LogP contribution in [0.3, 0.4) is 0 Å². The van der Waals surface area contributed by atoms with Crippen LogP contribution >= 0.6 is 0 Å². The first-order valence-corrected chi connectivity index (χ1v) is 8.40. The molecule has 2 aromatic carbocycles. The Kier molecular flexibility index (Phi) is 3.92. The molecule has 1 radical (unpaired) electrons. The summed E-state index contributed by atoms with van der Waals surface area (Å²) in [6, 6.07) is 16.9. The Balaban J connectivity index is 1.69. The van der Waals surface area contributed by atoms with Gasteiger partial charge in [0.15, 0.2) is 17.2 Å². The van der Waals surface area contributed by atoms with Gasteiger partial charge in [-0.2, -0.15) is 9.97 Å². The quantitative estimate of drug-likeness (QED) is 0.483. The fraction of sp³-hybridized carbons (Fsp3) is 0. The molecule has 5 aromatic rings. The van der Waals surface area contributed by atoms with Crippen LogP contribution in [0.25, 0.3) is 45.1 Å². The highest BCUT2D eigenvalue weighted by Crippen LogP contribution is 2.28. The van der Waals surface area contributed by atoms with E-state index in [1.165, 1.54) is 0 Å². The van der Waals surface area contributed by atoms with Crippen molar-refractivity contribution >= 4 is 29.8 Å². The van der Waals surface area contributed by atoms with E-state index in [1.54, 1.807) is 6.20 Å². The van der Waals surface area contributed by atoms with E-state index in [1.807, 2.05) is 54.6 Å².